The average Bonchev–Trinajstić information content (AvgIpc) is 2.10. The summed E-state index contributed by atoms with van der Waals surface area (Å²) in [5.74, 6) is -0.657. The lowest BCUT2D eigenvalue weighted by Crippen LogP contribution is -2.37. The van der Waals surface area contributed by atoms with Gasteiger partial charge < -0.3 is 10.0 Å². The summed E-state index contributed by atoms with van der Waals surface area (Å²) in [6.07, 6.45) is 2.00. The van der Waals surface area contributed by atoms with Crippen LogP contribution in [0.2, 0.25) is 0 Å². The van der Waals surface area contributed by atoms with Gasteiger partial charge in [0, 0.05) is 12.5 Å². The molecule has 0 saturated heterocycles. The van der Waals surface area contributed by atoms with Gasteiger partial charge in [0.1, 0.15) is 0 Å². The van der Waals surface area contributed by atoms with E-state index in [4.69, 9.17) is 10.0 Å². The van der Waals surface area contributed by atoms with Gasteiger partial charge in [-0.3, -0.25) is 4.31 Å². The van der Waals surface area contributed by atoms with Gasteiger partial charge >= 0.3 is 7.12 Å². The molecule has 0 unspecified atom stereocenters. The van der Waals surface area contributed by atoms with Crippen LogP contribution in [0.25, 0.3) is 0 Å². The molecule has 86 valence electrons. The van der Waals surface area contributed by atoms with E-state index in [1.165, 1.54) is 6.92 Å². The van der Waals surface area contributed by atoms with Crippen LogP contribution in [0.15, 0.2) is 16.8 Å². The number of hydrogen-bond acceptors (Lipinski definition) is 5. The molecular weight excluding hydrogens is 226 g/mol. The second-order valence-electron chi connectivity index (χ2n) is 2.76. The van der Waals surface area contributed by atoms with Crippen LogP contribution in [-0.2, 0) is 10.0 Å². The molecule has 15 heavy (non-hydrogen) atoms. The van der Waals surface area contributed by atoms with Gasteiger partial charge in [0.05, 0.1) is 6.26 Å². The Morgan fingerprint density at radius 3 is 2.20 bits per heavy atom. The smallest absolute Gasteiger partial charge is 0.423 e. The Morgan fingerprint density at radius 2 is 2.00 bits per heavy atom. The lowest BCUT2D eigenvalue weighted by molar-refractivity contribution is 0.419. The van der Waals surface area contributed by atoms with Crippen LogP contribution in [-0.4, -0.2) is 49.0 Å². The highest BCUT2D eigenvalue weighted by Crippen LogP contribution is 2.08. The fraction of sp³-hybridized carbons (Fsp3) is 0.500. The highest BCUT2D eigenvalue weighted by Gasteiger charge is 2.27. The number of halogens is 1. The first-order valence-electron chi connectivity index (χ1n) is 3.91. The zero-order chi connectivity index (χ0) is 12.2. The fourth-order valence-electron chi connectivity index (χ4n) is 0.835. The Labute approximate surface area is 87.9 Å². The Kier molecular flexibility index (Phi) is 4.92. The molecule has 0 spiro atoms. The molecule has 0 aliphatic heterocycles. The van der Waals surface area contributed by atoms with E-state index in [1.807, 2.05) is 0 Å². The first kappa shape index (κ1) is 14.1. The zero-order valence-electron chi connectivity index (χ0n) is 8.55. The molecule has 0 aliphatic rings. The highest BCUT2D eigenvalue weighted by molar-refractivity contribution is 7.88. The van der Waals surface area contributed by atoms with Crippen molar-refractivity contribution in [3.05, 3.63) is 11.5 Å². The number of allylic oxidation sites excluding steroid dienone is 1. The second-order valence-corrected chi connectivity index (χ2v) is 4.77. The molecule has 0 amide bonds. The summed E-state index contributed by atoms with van der Waals surface area (Å²) in [6, 6.07) is 0. The molecule has 0 saturated carbocycles. The maximum atomic E-state index is 12.3. The van der Waals surface area contributed by atoms with Crippen LogP contribution in [0.5, 0.6) is 0 Å². The molecule has 6 nitrogen and oxygen atoms in total. The third-order valence-electron chi connectivity index (χ3n) is 1.72. The van der Waals surface area contributed by atoms with Crippen molar-refractivity contribution in [3.63, 3.8) is 0 Å². The molecule has 0 aromatic heterocycles. The summed E-state index contributed by atoms with van der Waals surface area (Å²) in [7, 11) is -4.64. The fourth-order valence-corrected chi connectivity index (χ4v) is 1.28. The van der Waals surface area contributed by atoms with E-state index in [1.54, 1.807) is 0 Å². The van der Waals surface area contributed by atoms with E-state index in [-0.39, 0.29) is 5.47 Å². The predicted octanol–water partition coefficient (Wildman–Crippen LogP) is -0.881. The molecule has 0 atom stereocenters. The molecule has 9 heteroatoms. The summed E-state index contributed by atoms with van der Waals surface area (Å²) in [5.41, 5.74) is -0.328. The van der Waals surface area contributed by atoms with Gasteiger partial charge in [-0.15, -0.1) is 0 Å². The monoisotopic (exact) mass is 238 g/mol. The van der Waals surface area contributed by atoms with Crippen molar-refractivity contribution in [2.75, 3.05) is 13.3 Å². The number of likely N-dealkylation sites (N-methyl/N-ethyl adjacent to an activating group) is 1. The van der Waals surface area contributed by atoms with Crippen molar-refractivity contribution in [2.24, 2.45) is 5.21 Å². The number of rotatable bonds is 3. The second kappa shape index (κ2) is 5.24. The molecule has 0 heterocycles. The Balaban J connectivity index is 5.30. The lowest BCUT2D eigenvalue weighted by atomic mass is 9.78. The molecule has 2 N–H and O–H groups in total. The zero-order valence-corrected chi connectivity index (χ0v) is 9.36. The Hall–Kier alpha value is -0.925. The number of amidine groups is 1. The van der Waals surface area contributed by atoms with Crippen molar-refractivity contribution >= 4 is 23.0 Å². The summed E-state index contributed by atoms with van der Waals surface area (Å²) in [5, 5.41) is 19.9. The lowest BCUT2D eigenvalue weighted by Gasteiger charge is -2.18. The first-order chi connectivity index (χ1) is 6.75. The molecule has 0 aliphatic carbocycles. The minimum Gasteiger partial charge on any atom is -0.423 e. The van der Waals surface area contributed by atoms with E-state index in [9.17, 15) is 12.9 Å². The molecule has 0 rings (SSSR count). The van der Waals surface area contributed by atoms with E-state index < -0.39 is 23.0 Å². The quantitative estimate of drug-likeness (QED) is 0.379. The van der Waals surface area contributed by atoms with Crippen LogP contribution in [0.4, 0.5) is 4.48 Å². The van der Waals surface area contributed by atoms with Crippen molar-refractivity contribution in [1.29, 1.82) is 0 Å². The molecule has 0 bridgehead atoms. The Morgan fingerprint density at radius 1 is 1.53 bits per heavy atom. The largest absolute Gasteiger partial charge is 0.492 e. The molecule has 0 fully saturated rings. The van der Waals surface area contributed by atoms with Gasteiger partial charge in [-0.1, -0.05) is 15.8 Å². The standard InChI is InChI=1S/C6H12BFN2O4S/c1-4-5(7(11)12)6(9-8)10(2)15(3,13)14/h4,11-12H,1-3H3/b5-4+,9-6?. The van der Waals surface area contributed by atoms with Crippen LogP contribution in [0, 0.1) is 0 Å². The van der Waals surface area contributed by atoms with Gasteiger partial charge in [0.25, 0.3) is 0 Å². The van der Waals surface area contributed by atoms with Crippen molar-refractivity contribution in [1.82, 2.24) is 4.31 Å². The third kappa shape index (κ3) is 3.61. The van der Waals surface area contributed by atoms with Crippen molar-refractivity contribution in [2.45, 2.75) is 6.92 Å². The van der Waals surface area contributed by atoms with Crippen LogP contribution in [0.1, 0.15) is 6.92 Å². The maximum absolute atomic E-state index is 12.3. The minimum absolute atomic E-state index is 0.328. The average molecular weight is 238 g/mol. The highest BCUT2D eigenvalue weighted by atomic mass is 32.2. The van der Waals surface area contributed by atoms with Crippen LogP contribution in [0.3, 0.4) is 0 Å². The first-order valence-corrected chi connectivity index (χ1v) is 5.76. The molecule has 0 aromatic carbocycles. The third-order valence-corrected chi connectivity index (χ3v) is 2.89. The van der Waals surface area contributed by atoms with E-state index in [0.717, 1.165) is 19.4 Å². The van der Waals surface area contributed by atoms with Crippen molar-refractivity contribution in [3.8, 4) is 0 Å². The summed E-state index contributed by atoms with van der Waals surface area (Å²) < 4.78 is 34.9. The SMILES string of the molecule is C/C=C(/B(O)O)C(=NF)N(C)S(C)(=O)=O. The number of hydrogen-bond donors (Lipinski definition) is 2. The molecular formula is C6H12BFN2O4S. The van der Waals surface area contributed by atoms with Gasteiger partial charge in [0.2, 0.25) is 10.0 Å². The van der Waals surface area contributed by atoms with E-state index >= 15 is 0 Å². The van der Waals surface area contributed by atoms with Gasteiger partial charge in [0.15, 0.2) is 5.84 Å². The normalized spacial score (nSPS) is 14.0. The Bertz CT molecular complexity index is 379. The number of nitrogens with zero attached hydrogens (tertiary/aromatic N) is 2. The minimum atomic E-state index is -3.70. The molecule has 0 radical (unpaired) electrons. The van der Waals surface area contributed by atoms with Crippen LogP contribution >= 0.6 is 0 Å². The summed E-state index contributed by atoms with van der Waals surface area (Å²) in [4.78, 5) is 0. The number of sulfonamides is 1. The van der Waals surface area contributed by atoms with Crippen LogP contribution < -0.4 is 0 Å². The maximum Gasteiger partial charge on any atom is 0.492 e. The summed E-state index contributed by atoms with van der Waals surface area (Å²) >= 11 is 0. The molecule has 0 aromatic rings. The van der Waals surface area contributed by atoms with E-state index in [0.29, 0.717) is 4.31 Å². The van der Waals surface area contributed by atoms with Gasteiger partial charge in [-0.05, 0) is 6.92 Å². The predicted molar refractivity (Wildman–Crippen MR) is 55.1 cm³/mol. The van der Waals surface area contributed by atoms with Crippen molar-refractivity contribution < 1.29 is 22.9 Å². The van der Waals surface area contributed by atoms with Gasteiger partial charge in [-0.2, -0.15) is 0 Å². The van der Waals surface area contributed by atoms with E-state index in [2.05, 4.69) is 5.21 Å². The topological polar surface area (TPSA) is 90.2 Å². The summed E-state index contributed by atoms with van der Waals surface area (Å²) in [6.45, 7) is 1.40. The van der Waals surface area contributed by atoms with Gasteiger partial charge in [-0.25, -0.2) is 8.42 Å².